The van der Waals surface area contributed by atoms with Crippen LogP contribution in [0.4, 0.5) is 26.3 Å². The third-order valence-corrected chi connectivity index (χ3v) is 2.58. The predicted octanol–water partition coefficient (Wildman–Crippen LogP) is 4.15. The summed E-state index contributed by atoms with van der Waals surface area (Å²) < 4.78 is 80.8. The number of alkyl halides is 6. The molecule has 1 N–H and O–H groups in total. The van der Waals surface area contributed by atoms with Crippen LogP contribution >= 0.6 is 0 Å². The van der Waals surface area contributed by atoms with Crippen molar-refractivity contribution in [2.75, 3.05) is 7.05 Å². The Labute approximate surface area is 116 Å². The molecule has 0 fully saturated rings. The summed E-state index contributed by atoms with van der Waals surface area (Å²) in [5.41, 5.74) is 0.0897. The van der Waals surface area contributed by atoms with Crippen molar-refractivity contribution in [3.63, 3.8) is 0 Å². The van der Waals surface area contributed by atoms with Gasteiger partial charge >= 0.3 is 12.7 Å². The normalized spacial score (nSPS) is 13.9. The fourth-order valence-electron chi connectivity index (χ4n) is 1.79. The third-order valence-electron chi connectivity index (χ3n) is 2.58. The second-order valence-corrected chi connectivity index (χ2v) is 4.04. The molecule has 1 aromatic carbocycles. The molecular formula is C12H13F6NO2. The molecule has 0 radical (unpaired) electrons. The summed E-state index contributed by atoms with van der Waals surface area (Å²) in [6, 6.07) is 2.11. The van der Waals surface area contributed by atoms with Gasteiger partial charge in [0.1, 0.15) is 11.5 Å². The van der Waals surface area contributed by atoms with E-state index in [0.717, 1.165) is 12.1 Å². The van der Waals surface area contributed by atoms with Gasteiger partial charge in [0.25, 0.3) is 0 Å². The van der Waals surface area contributed by atoms with Gasteiger partial charge in [-0.1, -0.05) is 13.0 Å². The van der Waals surface area contributed by atoms with Gasteiger partial charge in [-0.3, -0.25) is 0 Å². The van der Waals surface area contributed by atoms with Crippen molar-refractivity contribution >= 4 is 0 Å². The summed E-state index contributed by atoms with van der Waals surface area (Å²) in [4.78, 5) is 0. The second-order valence-electron chi connectivity index (χ2n) is 4.04. The number of nitrogens with one attached hydrogen (secondary N) is 1. The number of halogens is 6. The van der Waals surface area contributed by atoms with Crippen molar-refractivity contribution in [3.8, 4) is 11.5 Å². The monoisotopic (exact) mass is 317 g/mol. The minimum Gasteiger partial charge on any atom is -0.406 e. The lowest BCUT2D eigenvalue weighted by molar-refractivity contribution is -0.276. The first-order valence-corrected chi connectivity index (χ1v) is 5.88. The first-order valence-electron chi connectivity index (χ1n) is 5.88. The average molecular weight is 317 g/mol. The highest BCUT2D eigenvalue weighted by molar-refractivity contribution is 5.42. The molecule has 0 aliphatic rings. The molecule has 0 aliphatic carbocycles. The molecule has 0 aromatic heterocycles. The van der Waals surface area contributed by atoms with E-state index in [1.54, 1.807) is 6.92 Å². The first-order chi connectivity index (χ1) is 9.55. The van der Waals surface area contributed by atoms with Gasteiger partial charge in [-0.05, 0) is 19.5 Å². The van der Waals surface area contributed by atoms with E-state index in [2.05, 4.69) is 14.8 Å². The van der Waals surface area contributed by atoms with Gasteiger partial charge in [-0.2, -0.15) is 0 Å². The number of benzene rings is 1. The van der Waals surface area contributed by atoms with Crippen molar-refractivity contribution in [1.82, 2.24) is 5.32 Å². The molecule has 1 aromatic rings. The first kappa shape index (κ1) is 17.4. The zero-order valence-corrected chi connectivity index (χ0v) is 11.1. The molecule has 3 nitrogen and oxygen atoms in total. The molecule has 0 bridgehead atoms. The van der Waals surface area contributed by atoms with E-state index in [4.69, 9.17) is 0 Å². The lowest BCUT2D eigenvalue weighted by Gasteiger charge is -2.20. The molecular weight excluding hydrogens is 304 g/mol. The van der Waals surface area contributed by atoms with E-state index >= 15 is 0 Å². The van der Waals surface area contributed by atoms with E-state index < -0.39 is 30.3 Å². The Morgan fingerprint density at radius 2 is 1.62 bits per heavy atom. The number of hydrogen-bond acceptors (Lipinski definition) is 3. The van der Waals surface area contributed by atoms with Crippen molar-refractivity contribution < 1.29 is 35.8 Å². The van der Waals surface area contributed by atoms with Crippen LogP contribution in [0.1, 0.15) is 24.9 Å². The smallest absolute Gasteiger partial charge is 0.406 e. The predicted molar refractivity (Wildman–Crippen MR) is 61.9 cm³/mol. The van der Waals surface area contributed by atoms with E-state index in [9.17, 15) is 26.3 Å². The Morgan fingerprint density at radius 1 is 1.05 bits per heavy atom. The minimum absolute atomic E-state index is 0.0897. The topological polar surface area (TPSA) is 30.5 Å². The summed E-state index contributed by atoms with van der Waals surface area (Å²) in [5.74, 6) is -1.51. The van der Waals surface area contributed by atoms with Gasteiger partial charge in [-0.15, -0.1) is 26.3 Å². The molecule has 9 heteroatoms. The molecule has 21 heavy (non-hydrogen) atoms. The van der Waals surface area contributed by atoms with Crippen LogP contribution in [0, 0.1) is 0 Å². The van der Waals surface area contributed by atoms with Gasteiger partial charge in [0.2, 0.25) is 0 Å². The van der Waals surface area contributed by atoms with E-state index in [-0.39, 0.29) is 5.56 Å². The van der Waals surface area contributed by atoms with Gasteiger partial charge in [0.05, 0.1) is 0 Å². The molecule has 1 atom stereocenters. The van der Waals surface area contributed by atoms with Crippen LogP contribution in [-0.2, 0) is 0 Å². The molecule has 1 rings (SSSR count). The van der Waals surface area contributed by atoms with Crippen molar-refractivity contribution in [1.29, 1.82) is 0 Å². The standard InChI is InChI=1S/C12H13F6NO2/c1-3-9(19-2)8-5-4-7(20-11(13,14)15)6-10(8)21-12(16,17)18/h4-6,9,19H,3H2,1-2H3. The van der Waals surface area contributed by atoms with Crippen LogP contribution in [0.15, 0.2) is 18.2 Å². The second kappa shape index (κ2) is 6.42. The molecule has 120 valence electrons. The highest BCUT2D eigenvalue weighted by Crippen LogP contribution is 2.36. The van der Waals surface area contributed by atoms with E-state index in [0.29, 0.717) is 12.5 Å². The van der Waals surface area contributed by atoms with Crippen molar-refractivity contribution in [2.24, 2.45) is 0 Å². The van der Waals surface area contributed by atoms with Gasteiger partial charge in [0.15, 0.2) is 0 Å². The Balaban J connectivity index is 3.19. The molecule has 0 spiro atoms. The molecule has 0 aliphatic heterocycles. The molecule has 0 saturated carbocycles. The van der Waals surface area contributed by atoms with Crippen LogP contribution in [0.25, 0.3) is 0 Å². The summed E-state index contributed by atoms with van der Waals surface area (Å²) in [5, 5.41) is 2.75. The summed E-state index contributed by atoms with van der Waals surface area (Å²) in [7, 11) is 1.52. The quantitative estimate of drug-likeness (QED) is 0.828. The van der Waals surface area contributed by atoms with Gasteiger partial charge in [-0.25, -0.2) is 0 Å². The fourth-order valence-corrected chi connectivity index (χ4v) is 1.79. The minimum atomic E-state index is -5.02. The molecule has 0 amide bonds. The summed E-state index contributed by atoms with van der Waals surface area (Å²) >= 11 is 0. The summed E-state index contributed by atoms with van der Waals surface area (Å²) in [6.45, 7) is 1.71. The zero-order chi connectivity index (χ0) is 16.3. The SMILES string of the molecule is CCC(NC)c1ccc(OC(F)(F)F)cc1OC(F)(F)F. The largest absolute Gasteiger partial charge is 0.573 e. The Hall–Kier alpha value is -1.64. The van der Waals surface area contributed by atoms with Crippen LogP contribution in [-0.4, -0.2) is 19.8 Å². The number of rotatable bonds is 5. The maximum atomic E-state index is 12.4. The van der Waals surface area contributed by atoms with Crippen molar-refractivity contribution in [3.05, 3.63) is 23.8 Å². The number of ether oxygens (including phenoxy) is 2. The van der Waals surface area contributed by atoms with Crippen LogP contribution in [0.5, 0.6) is 11.5 Å². The summed E-state index contributed by atoms with van der Waals surface area (Å²) in [6.07, 6.45) is -9.59. The molecule has 1 unspecified atom stereocenters. The Morgan fingerprint density at radius 3 is 2.05 bits per heavy atom. The maximum absolute atomic E-state index is 12.4. The maximum Gasteiger partial charge on any atom is 0.573 e. The average Bonchev–Trinajstić information content (AvgIpc) is 2.29. The van der Waals surface area contributed by atoms with Crippen LogP contribution in [0.2, 0.25) is 0 Å². The zero-order valence-electron chi connectivity index (χ0n) is 11.1. The van der Waals surface area contributed by atoms with E-state index in [1.165, 1.54) is 7.05 Å². The van der Waals surface area contributed by atoms with Gasteiger partial charge in [0, 0.05) is 17.7 Å². The van der Waals surface area contributed by atoms with Gasteiger partial charge < -0.3 is 14.8 Å². The Bertz CT molecular complexity index is 468. The Kier molecular flexibility index (Phi) is 5.32. The van der Waals surface area contributed by atoms with Crippen LogP contribution in [0.3, 0.4) is 0 Å². The fraction of sp³-hybridized carbons (Fsp3) is 0.500. The van der Waals surface area contributed by atoms with Crippen LogP contribution < -0.4 is 14.8 Å². The lowest BCUT2D eigenvalue weighted by Crippen LogP contribution is -2.22. The number of hydrogen-bond donors (Lipinski definition) is 1. The van der Waals surface area contributed by atoms with Crippen molar-refractivity contribution in [2.45, 2.75) is 32.1 Å². The highest BCUT2D eigenvalue weighted by Gasteiger charge is 2.35. The third kappa shape index (κ3) is 5.70. The lowest BCUT2D eigenvalue weighted by atomic mass is 10.0. The molecule has 0 saturated heterocycles. The highest BCUT2D eigenvalue weighted by atomic mass is 19.4. The molecule has 0 heterocycles. The van der Waals surface area contributed by atoms with E-state index in [1.807, 2.05) is 0 Å².